The summed E-state index contributed by atoms with van der Waals surface area (Å²) in [6, 6.07) is 5.36. The fraction of sp³-hybridized carbons (Fsp3) is 0.455. The van der Waals surface area contributed by atoms with Gasteiger partial charge in [-0.3, -0.25) is 0 Å². The summed E-state index contributed by atoms with van der Waals surface area (Å²) in [5.41, 5.74) is 6.93. The Morgan fingerprint density at radius 2 is 2.21 bits per heavy atom. The van der Waals surface area contributed by atoms with E-state index >= 15 is 0 Å². The Balaban J connectivity index is 2.55. The summed E-state index contributed by atoms with van der Waals surface area (Å²) < 4.78 is 13.4. The monoisotopic (exact) mass is 259 g/mol. The summed E-state index contributed by atoms with van der Waals surface area (Å²) >= 11 is 3.16. The van der Waals surface area contributed by atoms with Gasteiger partial charge in [-0.05, 0) is 52.9 Å². The molecular formula is C11H15BrFN. The number of nitrogens with two attached hydrogens (primary N) is 1. The molecule has 0 amide bonds. The molecule has 0 aliphatic heterocycles. The van der Waals surface area contributed by atoms with Crippen molar-refractivity contribution in [3.63, 3.8) is 0 Å². The standard InChI is InChI=1S/C11H15BrFN/c1-2-9(14)5-3-8-4-6-11(13)10(12)7-8/h4,6-7,9H,2-3,5,14H2,1H3. The molecule has 0 aromatic heterocycles. The van der Waals surface area contributed by atoms with Crippen molar-refractivity contribution < 1.29 is 4.39 Å². The zero-order valence-electron chi connectivity index (χ0n) is 8.26. The van der Waals surface area contributed by atoms with Gasteiger partial charge in [-0.2, -0.15) is 0 Å². The molecule has 1 aromatic rings. The molecule has 1 unspecified atom stereocenters. The number of benzene rings is 1. The van der Waals surface area contributed by atoms with E-state index in [-0.39, 0.29) is 11.9 Å². The second-order valence-corrected chi connectivity index (χ2v) is 4.31. The van der Waals surface area contributed by atoms with Crippen molar-refractivity contribution >= 4 is 15.9 Å². The van der Waals surface area contributed by atoms with Crippen molar-refractivity contribution in [3.8, 4) is 0 Å². The van der Waals surface area contributed by atoms with Crippen LogP contribution < -0.4 is 5.73 Å². The Labute approximate surface area is 92.6 Å². The molecular weight excluding hydrogens is 245 g/mol. The first-order chi connectivity index (χ1) is 6.63. The van der Waals surface area contributed by atoms with Gasteiger partial charge in [0.1, 0.15) is 5.82 Å². The molecule has 1 aromatic carbocycles. The maximum absolute atomic E-state index is 12.9. The molecule has 14 heavy (non-hydrogen) atoms. The maximum atomic E-state index is 12.9. The van der Waals surface area contributed by atoms with E-state index in [1.54, 1.807) is 0 Å². The first-order valence-electron chi connectivity index (χ1n) is 4.83. The zero-order chi connectivity index (χ0) is 10.6. The van der Waals surface area contributed by atoms with Gasteiger partial charge >= 0.3 is 0 Å². The number of halogens is 2. The topological polar surface area (TPSA) is 26.0 Å². The van der Waals surface area contributed by atoms with Gasteiger partial charge in [-0.15, -0.1) is 0 Å². The van der Waals surface area contributed by atoms with Crippen LogP contribution in [0.15, 0.2) is 22.7 Å². The van der Waals surface area contributed by atoms with E-state index in [0.29, 0.717) is 4.47 Å². The molecule has 0 saturated heterocycles. The van der Waals surface area contributed by atoms with Crippen LogP contribution in [0.1, 0.15) is 25.3 Å². The van der Waals surface area contributed by atoms with Crippen LogP contribution in [0.2, 0.25) is 0 Å². The number of hydrogen-bond donors (Lipinski definition) is 1. The van der Waals surface area contributed by atoms with E-state index in [2.05, 4.69) is 22.9 Å². The van der Waals surface area contributed by atoms with Gasteiger partial charge in [0.25, 0.3) is 0 Å². The SMILES string of the molecule is CCC(N)CCc1ccc(F)c(Br)c1. The Morgan fingerprint density at radius 1 is 1.50 bits per heavy atom. The van der Waals surface area contributed by atoms with Gasteiger partial charge < -0.3 is 5.73 Å². The molecule has 1 atom stereocenters. The summed E-state index contributed by atoms with van der Waals surface area (Å²) in [7, 11) is 0. The lowest BCUT2D eigenvalue weighted by Crippen LogP contribution is -2.19. The molecule has 0 heterocycles. The third-order valence-corrected chi connectivity index (χ3v) is 2.92. The summed E-state index contributed by atoms with van der Waals surface area (Å²) in [5.74, 6) is -0.214. The van der Waals surface area contributed by atoms with Gasteiger partial charge in [0.15, 0.2) is 0 Å². The van der Waals surface area contributed by atoms with Crippen LogP contribution in [0.25, 0.3) is 0 Å². The fourth-order valence-corrected chi connectivity index (χ4v) is 1.68. The van der Waals surface area contributed by atoms with Gasteiger partial charge in [0.05, 0.1) is 4.47 Å². The lowest BCUT2D eigenvalue weighted by molar-refractivity contribution is 0.593. The van der Waals surface area contributed by atoms with Crippen LogP contribution in [0.4, 0.5) is 4.39 Å². The smallest absolute Gasteiger partial charge is 0.137 e. The normalized spacial score (nSPS) is 12.9. The molecule has 1 rings (SSSR count). The summed E-state index contributed by atoms with van der Waals surface area (Å²) in [4.78, 5) is 0. The lowest BCUT2D eigenvalue weighted by atomic mass is 10.0. The van der Waals surface area contributed by atoms with Gasteiger partial charge in [-0.25, -0.2) is 4.39 Å². The average Bonchev–Trinajstić information content (AvgIpc) is 2.19. The lowest BCUT2D eigenvalue weighted by Gasteiger charge is -2.08. The molecule has 0 spiro atoms. The highest BCUT2D eigenvalue weighted by Gasteiger charge is 2.03. The zero-order valence-corrected chi connectivity index (χ0v) is 9.85. The minimum Gasteiger partial charge on any atom is -0.328 e. The first kappa shape index (κ1) is 11.7. The minimum atomic E-state index is -0.214. The van der Waals surface area contributed by atoms with Crippen LogP contribution in [0.3, 0.4) is 0 Å². The van der Waals surface area contributed by atoms with E-state index < -0.39 is 0 Å². The van der Waals surface area contributed by atoms with Gasteiger partial charge in [0, 0.05) is 6.04 Å². The third kappa shape index (κ3) is 3.39. The molecule has 0 aliphatic rings. The largest absolute Gasteiger partial charge is 0.328 e. The van der Waals surface area contributed by atoms with E-state index in [1.807, 2.05) is 12.1 Å². The Bertz CT molecular complexity index is 301. The van der Waals surface area contributed by atoms with E-state index in [9.17, 15) is 4.39 Å². The minimum absolute atomic E-state index is 0.214. The predicted molar refractivity (Wildman–Crippen MR) is 60.7 cm³/mol. The van der Waals surface area contributed by atoms with Crippen LogP contribution in [-0.2, 0) is 6.42 Å². The first-order valence-corrected chi connectivity index (χ1v) is 5.62. The predicted octanol–water partition coefficient (Wildman–Crippen LogP) is 3.26. The van der Waals surface area contributed by atoms with Crippen molar-refractivity contribution in [2.75, 3.05) is 0 Å². The van der Waals surface area contributed by atoms with Crippen molar-refractivity contribution in [1.29, 1.82) is 0 Å². The van der Waals surface area contributed by atoms with E-state index in [0.717, 1.165) is 24.8 Å². The van der Waals surface area contributed by atoms with Crippen molar-refractivity contribution in [2.24, 2.45) is 5.73 Å². The van der Waals surface area contributed by atoms with Crippen LogP contribution in [0.5, 0.6) is 0 Å². The summed E-state index contributed by atoms with van der Waals surface area (Å²) in [5, 5.41) is 0. The number of hydrogen-bond acceptors (Lipinski definition) is 1. The maximum Gasteiger partial charge on any atom is 0.137 e. The van der Waals surface area contributed by atoms with E-state index in [4.69, 9.17) is 5.73 Å². The molecule has 0 aliphatic carbocycles. The Hall–Kier alpha value is -0.410. The Morgan fingerprint density at radius 3 is 2.79 bits per heavy atom. The molecule has 1 nitrogen and oxygen atoms in total. The quantitative estimate of drug-likeness (QED) is 0.883. The second-order valence-electron chi connectivity index (χ2n) is 3.46. The fourth-order valence-electron chi connectivity index (χ4n) is 1.25. The highest BCUT2D eigenvalue weighted by atomic mass is 79.9. The molecule has 3 heteroatoms. The number of aryl methyl sites for hydroxylation is 1. The molecule has 0 radical (unpaired) electrons. The summed E-state index contributed by atoms with van der Waals surface area (Å²) in [6.45, 7) is 2.07. The Kier molecular flexibility index (Phi) is 4.55. The average molecular weight is 260 g/mol. The second kappa shape index (κ2) is 5.47. The highest BCUT2D eigenvalue weighted by Crippen LogP contribution is 2.18. The van der Waals surface area contributed by atoms with Crippen LogP contribution in [0, 0.1) is 5.82 Å². The molecule has 78 valence electrons. The van der Waals surface area contributed by atoms with Crippen molar-refractivity contribution in [3.05, 3.63) is 34.1 Å². The van der Waals surface area contributed by atoms with Crippen molar-refractivity contribution in [2.45, 2.75) is 32.2 Å². The van der Waals surface area contributed by atoms with E-state index in [1.165, 1.54) is 6.07 Å². The molecule has 0 fully saturated rings. The third-order valence-electron chi connectivity index (χ3n) is 2.31. The van der Waals surface area contributed by atoms with Crippen LogP contribution >= 0.6 is 15.9 Å². The number of rotatable bonds is 4. The molecule has 0 bridgehead atoms. The van der Waals surface area contributed by atoms with Crippen molar-refractivity contribution in [1.82, 2.24) is 0 Å². The highest BCUT2D eigenvalue weighted by molar-refractivity contribution is 9.10. The van der Waals surface area contributed by atoms with Gasteiger partial charge in [0.2, 0.25) is 0 Å². The van der Waals surface area contributed by atoms with Crippen LogP contribution in [-0.4, -0.2) is 6.04 Å². The molecule has 2 N–H and O–H groups in total. The van der Waals surface area contributed by atoms with Gasteiger partial charge in [-0.1, -0.05) is 13.0 Å². The summed E-state index contributed by atoms with van der Waals surface area (Å²) in [6.07, 6.45) is 2.85. The molecule has 0 saturated carbocycles.